The second-order valence-electron chi connectivity index (χ2n) is 8.75. The number of rotatable bonds is 2. The molecule has 2 fully saturated rings. The number of benzene rings is 1. The molecular formula is C22H22N6O6. The van der Waals surface area contributed by atoms with Gasteiger partial charge in [0.05, 0.1) is 11.7 Å². The number of imide groups is 2. The molecule has 0 aliphatic carbocycles. The van der Waals surface area contributed by atoms with E-state index in [0.29, 0.717) is 24.2 Å². The lowest BCUT2D eigenvalue weighted by molar-refractivity contribution is -0.159. The van der Waals surface area contributed by atoms with Gasteiger partial charge in [-0.2, -0.15) is 0 Å². The Labute approximate surface area is 192 Å². The lowest BCUT2D eigenvalue weighted by Crippen LogP contribution is -2.70. The van der Waals surface area contributed by atoms with Gasteiger partial charge in [-0.15, -0.1) is 0 Å². The van der Waals surface area contributed by atoms with E-state index in [1.54, 1.807) is 12.1 Å². The topological polar surface area (TPSA) is 159 Å². The van der Waals surface area contributed by atoms with E-state index in [0.717, 1.165) is 28.1 Å². The van der Waals surface area contributed by atoms with E-state index in [2.05, 4.69) is 14.9 Å². The highest BCUT2D eigenvalue weighted by atomic mass is 16.3. The molecule has 12 nitrogen and oxygen atoms in total. The Hall–Kier alpha value is -4.22. The number of carbonyl (C=O) groups is 3. The number of anilines is 1. The zero-order valence-corrected chi connectivity index (χ0v) is 18.5. The van der Waals surface area contributed by atoms with Crippen molar-refractivity contribution < 1.29 is 19.5 Å². The second kappa shape index (κ2) is 7.40. The number of carbonyl (C=O) groups excluding carboxylic acids is 3. The minimum Gasteiger partial charge on any atom is -0.494 e. The van der Waals surface area contributed by atoms with Crippen molar-refractivity contribution in [2.45, 2.75) is 25.3 Å². The average molecular weight is 466 g/mol. The molecule has 0 radical (unpaired) electrons. The number of aromatic hydroxyl groups is 1. The summed E-state index contributed by atoms with van der Waals surface area (Å²) in [6.07, 6.45) is 2.69. The van der Waals surface area contributed by atoms with E-state index in [-0.39, 0.29) is 18.0 Å². The van der Waals surface area contributed by atoms with Gasteiger partial charge in [-0.05, 0) is 43.0 Å². The number of hydrogen-bond acceptors (Lipinski definition) is 8. The molecule has 34 heavy (non-hydrogen) atoms. The maximum absolute atomic E-state index is 13.4. The Morgan fingerprint density at radius 2 is 1.79 bits per heavy atom. The summed E-state index contributed by atoms with van der Waals surface area (Å²) < 4.78 is 0. The first-order valence-electron chi connectivity index (χ1n) is 10.7. The van der Waals surface area contributed by atoms with E-state index in [9.17, 15) is 29.1 Å². The van der Waals surface area contributed by atoms with Gasteiger partial charge in [0.1, 0.15) is 5.56 Å². The summed E-state index contributed by atoms with van der Waals surface area (Å²) in [4.78, 5) is 74.8. The molecule has 0 bridgehead atoms. The quantitative estimate of drug-likeness (QED) is 0.417. The standard InChI is InChI=1S/C22H22N6O6/c1-26-18(31)22(19(32)27(2)21(26)34)9-11-8-12(5-6-14(11)28-7-3-4-15(22)28)23-10-13-16(29)24-20(33)25-17(13)30/h5-6,8,10,15H,3-4,7,9H2,1-2H3,(H3,24,25,29,30,33). The van der Waals surface area contributed by atoms with Crippen LogP contribution in [0.5, 0.6) is 5.88 Å². The molecule has 1 aromatic heterocycles. The van der Waals surface area contributed by atoms with Crippen molar-refractivity contribution >= 4 is 35.4 Å². The van der Waals surface area contributed by atoms with Crippen molar-refractivity contribution in [2.24, 2.45) is 10.4 Å². The van der Waals surface area contributed by atoms with Crippen LogP contribution in [-0.4, -0.2) is 75.6 Å². The predicted molar refractivity (Wildman–Crippen MR) is 120 cm³/mol. The van der Waals surface area contributed by atoms with Gasteiger partial charge in [-0.1, -0.05) is 0 Å². The molecule has 1 aromatic carbocycles. The van der Waals surface area contributed by atoms with Crippen molar-refractivity contribution in [3.63, 3.8) is 0 Å². The maximum atomic E-state index is 13.4. The zero-order valence-electron chi connectivity index (χ0n) is 18.5. The number of urea groups is 1. The molecular weight excluding hydrogens is 444 g/mol. The number of hydrogen-bond donors (Lipinski definition) is 3. The molecule has 3 aliphatic heterocycles. The highest BCUT2D eigenvalue weighted by molar-refractivity contribution is 6.20. The van der Waals surface area contributed by atoms with Gasteiger partial charge >= 0.3 is 11.7 Å². The Morgan fingerprint density at radius 3 is 2.47 bits per heavy atom. The number of H-pyrrole nitrogens is 2. The normalized spacial score (nSPS) is 21.5. The average Bonchev–Trinajstić information content (AvgIpc) is 3.30. The van der Waals surface area contributed by atoms with Gasteiger partial charge in [0.15, 0.2) is 5.41 Å². The number of nitrogens with zero attached hydrogens (tertiary/aromatic N) is 4. The number of fused-ring (bicyclic) bond motifs is 4. The summed E-state index contributed by atoms with van der Waals surface area (Å²) in [5, 5.41) is 9.86. The van der Waals surface area contributed by atoms with Crippen molar-refractivity contribution in [2.75, 3.05) is 25.5 Å². The molecule has 5 rings (SSSR count). The van der Waals surface area contributed by atoms with Crippen LogP contribution in [0.25, 0.3) is 0 Å². The second-order valence-corrected chi connectivity index (χ2v) is 8.75. The summed E-state index contributed by atoms with van der Waals surface area (Å²) in [6.45, 7) is 0.671. The van der Waals surface area contributed by atoms with E-state index in [4.69, 9.17) is 0 Å². The minimum atomic E-state index is -1.42. The lowest BCUT2D eigenvalue weighted by Gasteiger charge is -2.50. The molecule has 12 heteroatoms. The van der Waals surface area contributed by atoms with Crippen LogP contribution >= 0.6 is 0 Å². The molecule has 3 N–H and O–H groups in total. The highest BCUT2D eigenvalue weighted by Crippen LogP contribution is 2.49. The maximum Gasteiger partial charge on any atom is 0.332 e. The van der Waals surface area contributed by atoms with E-state index >= 15 is 0 Å². The molecule has 1 spiro atoms. The van der Waals surface area contributed by atoms with Crippen LogP contribution in [0.1, 0.15) is 24.0 Å². The zero-order chi connectivity index (χ0) is 24.4. The fourth-order valence-corrected chi connectivity index (χ4v) is 5.33. The third-order valence-electron chi connectivity index (χ3n) is 6.91. The molecule has 4 heterocycles. The lowest BCUT2D eigenvalue weighted by atomic mass is 9.68. The van der Waals surface area contributed by atoms with Crippen molar-refractivity contribution in [1.29, 1.82) is 0 Å². The molecule has 2 saturated heterocycles. The molecule has 3 aliphatic rings. The molecule has 0 saturated carbocycles. The Kier molecular flexibility index (Phi) is 4.71. The molecule has 4 amide bonds. The van der Waals surface area contributed by atoms with Crippen LogP contribution in [0.4, 0.5) is 16.2 Å². The number of barbiturate groups is 1. The third-order valence-corrected chi connectivity index (χ3v) is 6.91. The van der Waals surface area contributed by atoms with Gasteiger partial charge in [-0.25, -0.2) is 9.59 Å². The van der Waals surface area contributed by atoms with Crippen LogP contribution in [0.15, 0.2) is 32.8 Å². The van der Waals surface area contributed by atoms with Crippen LogP contribution in [0.2, 0.25) is 0 Å². The molecule has 1 atom stereocenters. The molecule has 176 valence electrons. The van der Waals surface area contributed by atoms with E-state index in [1.807, 2.05) is 11.1 Å². The predicted octanol–water partition coefficient (Wildman–Crippen LogP) is 0.0811. The number of amides is 4. The van der Waals surface area contributed by atoms with Gasteiger partial charge < -0.3 is 10.0 Å². The summed E-state index contributed by atoms with van der Waals surface area (Å²) in [7, 11) is 2.78. The van der Waals surface area contributed by atoms with Gasteiger partial charge in [0.25, 0.3) is 5.56 Å². The fourth-order valence-electron chi connectivity index (χ4n) is 5.33. The Bertz CT molecular complexity index is 1370. The van der Waals surface area contributed by atoms with E-state index < -0.39 is 40.4 Å². The Balaban J connectivity index is 1.58. The van der Waals surface area contributed by atoms with Crippen molar-refractivity contribution in [3.05, 3.63) is 50.2 Å². The smallest absolute Gasteiger partial charge is 0.332 e. The summed E-state index contributed by atoms with van der Waals surface area (Å²) in [6, 6.07) is 4.28. The first kappa shape index (κ1) is 21.6. The first-order chi connectivity index (χ1) is 16.1. The largest absolute Gasteiger partial charge is 0.494 e. The van der Waals surface area contributed by atoms with Crippen LogP contribution in [-0.2, 0) is 16.0 Å². The number of aliphatic imine (C=N–C) groups is 1. The monoisotopic (exact) mass is 466 g/mol. The van der Waals surface area contributed by atoms with Crippen LogP contribution < -0.4 is 16.1 Å². The number of aromatic amines is 2. The summed E-state index contributed by atoms with van der Waals surface area (Å²) in [5.41, 5.74) is -1.25. The summed E-state index contributed by atoms with van der Waals surface area (Å²) in [5.74, 6) is -1.63. The van der Waals surface area contributed by atoms with Crippen molar-refractivity contribution in [1.82, 2.24) is 19.8 Å². The van der Waals surface area contributed by atoms with Crippen molar-refractivity contribution in [3.8, 4) is 5.88 Å². The van der Waals surface area contributed by atoms with E-state index in [1.165, 1.54) is 14.1 Å². The molecule has 2 aromatic rings. The first-order valence-corrected chi connectivity index (χ1v) is 10.7. The van der Waals surface area contributed by atoms with Gasteiger partial charge in [-0.3, -0.25) is 39.1 Å². The Morgan fingerprint density at radius 1 is 1.09 bits per heavy atom. The number of nitrogens with one attached hydrogen (secondary N) is 2. The van der Waals surface area contributed by atoms with Gasteiger partial charge in [0.2, 0.25) is 17.7 Å². The van der Waals surface area contributed by atoms with Gasteiger partial charge in [0, 0.05) is 32.5 Å². The highest BCUT2D eigenvalue weighted by Gasteiger charge is 2.63. The fraction of sp³-hybridized carbons (Fsp3) is 0.364. The summed E-state index contributed by atoms with van der Waals surface area (Å²) >= 11 is 0. The van der Waals surface area contributed by atoms with Crippen LogP contribution in [0, 0.1) is 5.41 Å². The SMILES string of the molecule is CN1C(=O)N(C)C(=O)C2(Cc3cc(N=Cc4c(O)[nH]c(=O)[nH]c4=O)ccc3N3CCCC32)C1=O. The third kappa shape index (κ3) is 2.91. The van der Waals surface area contributed by atoms with Crippen LogP contribution in [0.3, 0.4) is 0 Å². The number of aromatic nitrogens is 2. The molecule has 1 unspecified atom stereocenters. The minimum absolute atomic E-state index is 0.108.